The highest BCUT2D eigenvalue weighted by Gasteiger charge is 2.25. The fraction of sp³-hybridized carbons (Fsp3) is 0.178. The molecule has 0 radical (unpaired) electrons. The Balaban J connectivity index is 0.000000224. The van der Waals surface area contributed by atoms with Crippen molar-refractivity contribution in [1.29, 1.82) is 0 Å². The van der Waals surface area contributed by atoms with Crippen molar-refractivity contribution in [2.75, 3.05) is 10.6 Å². The number of alkyl carbamates (subject to hydrolysis) is 1. The molecule has 2 heterocycles. The normalized spacial score (nSPS) is 11.9. The molecule has 3 amide bonds. The van der Waals surface area contributed by atoms with Crippen molar-refractivity contribution in [2.45, 2.75) is 51.3 Å². The van der Waals surface area contributed by atoms with Gasteiger partial charge in [0, 0.05) is 42.6 Å². The fourth-order valence-corrected chi connectivity index (χ4v) is 5.59. The number of carbonyl (C=O) groups is 3. The molecule has 5 N–H and O–H groups in total. The van der Waals surface area contributed by atoms with E-state index in [1.807, 2.05) is 66.7 Å². The van der Waals surface area contributed by atoms with Crippen molar-refractivity contribution >= 4 is 29.3 Å². The van der Waals surface area contributed by atoms with Crippen LogP contribution in [0.3, 0.4) is 0 Å². The monoisotopic (exact) mass is 770 g/mol. The third kappa shape index (κ3) is 13.5. The summed E-state index contributed by atoms with van der Waals surface area (Å²) in [6.45, 7) is 5.23. The summed E-state index contributed by atoms with van der Waals surface area (Å²) in [4.78, 5) is 45.7. The average molecular weight is 771 g/mol. The lowest BCUT2D eigenvalue weighted by Gasteiger charge is -2.23. The van der Waals surface area contributed by atoms with Crippen LogP contribution in [-0.2, 0) is 27.2 Å². The standard InChI is InChI=1S/C25H26FN3O3.C20H18FN3O/c1-25(2,3)32-24(31)29-22(15-17-7-9-20(26)10-8-17)23(30)28-21-6-4-5-19(16-21)18-11-13-27-14-12-18;21-17-6-4-14(5-7-17)12-19(22)20(25)24-18-3-1-2-16(13-18)15-8-10-23-11-9-15/h4-14,16,22H,15H2,1-3H3,(H,28,30)(H,29,31);1-11,13,19H,12,22H2,(H,24,25)/t22-;19-/m00/s1. The summed E-state index contributed by atoms with van der Waals surface area (Å²) in [6, 6.07) is 32.6. The second-order valence-corrected chi connectivity index (χ2v) is 14.1. The maximum atomic E-state index is 13.3. The van der Waals surface area contributed by atoms with E-state index in [9.17, 15) is 23.2 Å². The maximum absolute atomic E-state index is 13.3. The summed E-state index contributed by atoms with van der Waals surface area (Å²) in [5, 5.41) is 8.31. The van der Waals surface area contributed by atoms with Gasteiger partial charge in [-0.2, -0.15) is 0 Å². The van der Waals surface area contributed by atoms with E-state index in [0.717, 1.165) is 27.8 Å². The largest absolute Gasteiger partial charge is 0.444 e. The third-order valence-corrected chi connectivity index (χ3v) is 8.35. The molecule has 4 aromatic carbocycles. The zero-order chi connectivity index (χ0) is 40.8. The van der Waals surface area contributed by atoms with Gasteiger partial charge in [-0.3, -0.25) is 19.6 Å². The number of nitrogens with two attached hydrogens (primary N) is 1. The maximum Gasteiger partial charge on any atom is 0.408 e. The predicted octanol–water partition coefficient (Wildman–Crippen LogP) is 8.36. The summed E-state index contributed by atoms with van der Waals surface area (Å²) >= 11 is 0. The Morgan fingerprint density at radius 1 is 0.614 bits per heavy atom. The molecule has 2 atom stereocenters. The minimum atomic E-state index is -0.917. The second kappa shape index (κ2) is 19.7. The number of aromatic nitrogens is 2. The van der Waals surface area contributed by atoms with Crippen molar-refractivity contribution in [1.82, 2.24) is 15.3 Å². The number of nitrogens with one attached hydrogen (secondary N) is 3. The number of halogens is 2. The lowest BCUT2D eigenvalue weighted by atomic mass is 10.0. The van der Waals surface area contributed by atoms with Gasteiger partial charge in [0.2, 0.25) is 11.8 Å². The zero-order valence-electron chi connectivity index (χ0n) is 31.8. The van der Waals surface area contributed by atoms with Gasteiger partial charge in [-0.05, 0) is 133 Å². The molecule has 0 aliphatic heterocycles. The molecule has 0 aliphatic carbocycles. The molecule has 292 valence electrons. The van der Waals surface area contributed by atoms with Crippen molar-refractivity contribution in [3.63, 3.8) is 0 Å². The lowest BCUT2D eigenvalue weighted by molar-refractivity contribution is -0.118. The molecule has 6 aromatic rings. The Labute approximate surface area is 330 Å². The molecule has 57 heavy (non-hydrogen) atoms. The molecule has 0 bridgehead atoms. The van der Waals surface area contributed by atoms with Crippen LogP contribution >= 0.6 is 0 Å². The third-order valence-electron chi connectivity index (χ3n) is 8.35. The molecule has 6 rings (SSSR count). The van der Waals surface area contributed by atoms with Gasteiger partial charge in [-0.25, -0.2) is 13.6 Å². The van der Waals surface area contributed by atoms with Gasteiger partial charge in [0.05, 0.1) is 6.04 Å². The highest BCUT2D eigenvalue weighted by atomic mass is 19.1. The Kier molecular flexibility index (Phi) is 14.3. The summed E-state index contributed by atoms with van der Waals surface area (Å²) in [6.07, 6.45) is 6.66. The van der Waals surface area contributed by atoms with E-state index in [1.165, 1.54) is 24.3 Å². The first-order valence-corrected chi connectivity index (χ1v) is 18.2. The predicted molar refractivity (Wildman–Crippen MR) is 218 cm³/mol. The SMILES string of the molecule is CC(C)(C)OC(=O)N[C@@H](Cc1ccc(F)cc1)C(=O)Nc1cccc(-c2ccncc2)c1.N[C@@H](Cc1ccc(F)cc1)C(=O)Nc1cccc(-c2ccncc2)c1. The van der Waals surface area contributed by atoms with E-state index in [0.29, 0.717) is 23.4 Å². The van der Waals surface area contributed by atoms with Crippen LogP contribution in [0.2, 0.25) is 0 Å². The van der Waals surface area contributed by atoms with Crippen molar-refractivity contribution < 1.29 is 27.9 Å². The Bertz CT molecular complexity index is 2230. The van der Waals surface area contributed by atoms with Crippen molar-refractivity contribution in [3.05, 3.63) is 169 Å². The number of anilines is 2. The van der Waals surface area contributed by atoms with E-state index in [2.05, 4.69) is 25.9 Å². The summed E-state index contributed by atoms with van der Waals surface area (Å²) in [5.74, 6) is -1.37. The minimum absolute atomic E-state index is 0.176. The number of nitrogens with zero attached hydrogens (tertiary/aromatic N) is 2. The van der Waals surface area contributed by atoms with Gasteiger partial charge in [0.15, 0.2) is 0 Å². The van der Waals surface area contributed by atoms with Gasteiger partial charge in [-0.15, -0.1) is 0 Å². The van der Waals surface area contributed by atoms with Gasteiger partial charge in [-0.1, -0.05) is 48.5 Å². The summed E-state index contributed by atoms with van der Waals surface area (Å²) in [7, 11) is 0. The Morgan fingerprint density at radius 2 is 1.05 bits per heavy atom. The molecule has 0 spiro atoms. The number of hydrogen-bond acceptors (Lipinski definition) is 7. The Morgan fingerprint density at radius 3 is 1.51 bits per heavy atom. The van der Waals surface area contributed by atoms with Crippen LogP contribution in [0.25, 0.3) is 22.3 Å². The molecule has 0 aliphatic rings. The molecule has 10 nitrogen and oxygen atoms in total. The first-order valence-electron chi connectivity index (χ1n) is 18.2. The highest BCUT2D eigenvalue weighted by Crippen LogP contribution is 2.23. The number of pyridine rings is 2. The van der Waals surface area contributed by atoms with Gasteiger partial charge >= 0.3 is 6.09 Å². The van der Waals surface area contributed by atoms with E-state index < -0.39 is 29.7 Å². The topological polar surface area (TPSA) is 148 Å². The number of hydrogen-bond donors (Lipinski definition) is 4. The van der Waals surface area contributed by atoms with Crippen LogP contribution in [0.15, 0.2) is 146 Å². The second-order valence-electron chi connectivity index (χ2n) is 14.1. The summed E-state index contributed by atoms with van der Waals surface area (Å²) in [5.41, 5.74) is 11.9. The first-order chi connectivity index (χ1) is 27.3. The van der Waals surface area contributed by atoms with Crippen LogP contribution in [0, 0.1) is 11.6 Å². The quantitative estimate of drug-likeness (QED) is 0.104. The van der Waals surface area contributed by atoms with Crippen LogP contribution < -0.4 is 21.7 Å². The molecule has 0 saturated carbocycles. The molecular weight excluding hydrogens is 727 g/mol. The van der Waals surface area contributed by atoms with Crippen molar-refractivity contribution in [3.8, 4) is 22.3 Å². The minimum Gasteiger partial charge on any atom is -0.444 e. The lowest BCUT2D eigenvalue weighted by Crippen LogP contribution is -2.47. The van der Waals surface area contributed by atoms with Crippen LogP contribution in [-0.4, -0.2) is 45.6 Å². The van der Waals surface area contributed by atoms with E-state index >= 15 is 0 Å². The number of rotatable bonds is 11. The molecule has 12 heteroatoms. The molecule has 2 aromatic heterocycles. The van der Waals surface area contributed by atoms with Crippen LogP contribution in [0.4, 0.5) is 25.0 Å². The van der Waals surface area contributed by atoms with E-state index in [4.69, 9.17) is 10.5 Å². The summed E-state index contributed by atoms with van der Waals surface area (Å²) < 4.78 is 31.5. The number of ether oxygens (including phenoxy) is 1. The fourth-order valence-electron chi connectivity index (χ4n) is 5.59. The van der Waals surface area contributed by atoms with E-state index in [-0.39, 0.29) is 24.0 Å². The molecule has 0 saturated heterocycles. The van der Waals surface area contributed by atoms with Gasteiger partial charge in [0.25, 0.3) is 0 Å². The van der Waals surface area contributed by atoms with Crippen molar-refractivity contribution in [2.24, 2.45) is 5.73 Å². The number of carbonyl (C=O) groups excluding carboxylic acids is 3. The smallest absolute Gasteiger partial charge is 0.408 e. The van der Waals surface area contributed by atoms with Crippen LogP contribution in [0.5, 0.6) is 0 Å². The average Bonchev–Trinajstić information content (AvgIpc) is 3.20. The number of benzene rings is 4. The first kappa shape index (κ1) is 41.4. The van der Waals surface area contributed by atoms with E-state index in [1.54, 1.807) is 75.9 Å². The molecule has 0 unspecified atom stereocenters. The number of amides is 3. The zero-order valence-corrected chi connectivity index (χ0v) is 31.8. The van der Waals surface area contributed by atoms with Gasteiger partial charge in [0.1, 0.15) is 23.3 Å². The Hall–Kier alpha value is -6.79. The van der Waals surface area contributed by atoms with Gasteiger partial charge < -0.3 is 26.4 Å². The highest BCUT2D eigenvalue weighted by molar-refractivity contribution is 5.97. The molecule has 0 fully saturated rings. The molecular formula is C45H44F2N6O4. The van der Waals surface area contributed by atoms with Crippen LogP contribution in [0.1, 0.15) is 31.9 Å².